The van der Waals surface area contributed by atoms with Gasteiger partial charge in [-0.2, -0.15) is 0 Å². The zero-order chi connectivity index (χ0) is 14.8. The summed E-state index contributed by atoms with van der Waals surface area (Å²) in [5.74, 6) is -0.596. The molecule has 110 valence electrons. The number of carboxylic acids is 1. The van der Waals surface area contributed by atoms with Gasteiger partial charge in [0.1, 0.15) is 10.7 Å². The summed E-state index contributed by atoms with van der Waals surface area (Å²) in [6.45, 7) is 1.13. The Hall–Kier alpha value is -1.67. The number of nitrogens with zero attached hydrogens (tertiary/aromatic N) is 2. The molecule has 8 heteroatoms. The van der Waals surface area contributed by atoms with E-state index in [1.54, 1.807) is 6.07 Å². The van der Waals surface area contributed by atoms with E-state index in [1.165, 1.54) is 19.3 Å². The third kappa shape index (κ3) is 3.07. The van der Waals surface area contributed by atoms with E-state index >= 15 is 0 Å². The minimum absolute atomic E-state index is 0.0931. The highest BCUT2D eigenvalue weighted by molar-refractivity contribution is 7.89. The fraction of sp³-hybridized carbons (Fsp3) is 0.500. The standard InChI is InChI=1S/C12H17N3O4S/c1-13-20(18,19)10-4-5-11(14-7-10)15-6-2-3-9(8-15)12(16)17/h4-5,7,9,13H,2-3,6,8H2,1H3,(H,16,17). The van der Waals surface area contributed by atoms with Gasteiger partial charge in [0.15, 0.2) is 0 Å². The first-order valence-corrected chi connectivity index (χ1v) is 7.79. The van der Waals surface area contributed by atoms with Crippen molar-refractivity contribution in [1.29, 1.82) is 0 Å². The molecule has 2 rings (SSSR count). The van der Waals surface area contributed by atoms with E-state index in [0.717, 1.165) is 13.0 Å². The number of hydrogen-bond acceptors (Lipinski definition) is 5. The molecule has 0 aliphatic carbocycles. The van der Waals surface area contributed by atoms with E-state index in [1.807, 2.05) is 4.90 Å². The van der Waals surface area contributed by atoms with Gasteiger partial charge in [-0.25, -0.2) is 18.1 Å². The number of piperidine rings is 1. The molecule has 0 radical (unpaired) electrons. The van der Waals surface area contributed by atoms with Crippen LogP contribution in [-0.4, -0.2) is 44.6 Å². The van der Waals surface area contributed by atoms with Crippen LogP contribution in [0, 0.1) is 5.92 Å². The number of carbonyl (C=O) groups is 1. The number of hydrogen-bond donors (Lipinski definition) is 2. The Morgan fingerprint density at radius 1 is 1.50 bits per heavy atom. The van der Waals surface area contributed by atoms with E-state index in [9.17, 15) is 13.2 Å². The molecule has 1 aromatic rings. The SMILES string of the molecule is CNS(=O)(=O)c1ccc(N2CCCC(C(=O)O)C2)nc1. The smallest absolute Gasteiger partial charge is 0.308 e. The molecule has 0 saturated carbocycles. The number of aliphatic carboxylic acids is 1. The van der Waals surface area contributed by atoms with Crippen LogP contribution in [0.25, 0.3) is 0 Å². The average Bonchev–Trinajstić information content (AvgIpc) is 2.47. The van der Waals surface area contributed by atoms with E-state index in [0.29, 0.717) is 18.8 Å². The number of nitrogens with one attached hydrogen (secondary N) is 1. The Labute approximate surface area is 117 Å². The Bertz CT molecular complexity index is 585. The third-order valence-corrected chi connectivity index (χ3v) is 4.79. The van der Waals surface area contributed by atoms with Gasteiger partial charge in [-0.1, -0.05) is 0 Å². The molecule has 1 unspecified atom stereocenters. The van der Waals surface area contributed by atoms with Crippen LogP contribution in [0.5, 0.6) is 0 Å². The summed E-state index contributed by atoms with van der Waals surface area (Å²) in [6.07, 6.45) is 2.73. The highest BCUT2D eigenvalue weighted by Gasteiger charge is 2.26. The number of aromatic nitrogens is 1. The molecular formula is C12H17N3O4S. The quantitative estimate of drug-likeness (QED) is 0.829. The van der Waals surface area contributed by atoms with Crippen molar-refractivity contribution in [2.45, 2.75) is 17.7 Å². The molecule has 0 amide bonds. The Morgan fingerprint density at radius 3 is 2.80 bits per heavy atom. The van der Waals surface area contributed by atoms with Crippen LogP contribution in [0.15, 0.2) is 23.2 Å². The topological polar surface area (TPSA) is 99.6 Å². The molecule has 2 N–H and O–H groups in total. The molecule has 1 saturated heterocycles. The molecule has 0 aromatic carbocycles. The van der Waals surface area contributed by atoms with E-state index in [4.69, 9.17) is 5.11 Å². The number of anilines is 1. The summed E-state index contributed by atoms with van der Waals surface area (Å²) in [6, 6.07) is 3.08. The van der Waals surface area contributed by atoms with Crippen molar-refractivity contribution in [2.75, 3.05) is 25.0 Å². The monoisotopic (exact) mass is 299 g/mol. The molecule has 1 aliphatic rings. The molecule has 1 aliphatic heterocycles. The van der Waals surface area contributed by atoms with Gasteiger partial charge in [0.25, 0.3) is 0 Å². The van der Waals surface area contributed by atoms with Crippen LogP contribution in [0.3, 0.4) is 0 Å². The van der Waals surface area contributed by atoms with Gasteiger partial charge in [0.2, 0.25) is 10.0 Å². The fourth-order valence-electron chi connectivity index (χ4n) is 2.22. The van der Waals surface area contributed by atoms with Crippen LogP contribution >= 0.6 is 0 Å². The Morgan fingerprint density at radius 2 is 2.25 bits per heavy atom. The van der Waals surface area contributed by atoms with E-state index in [-0.39, 0.29) is 4.90 Å². The van der Waals surface area contributed by atoms with Gasteiger partial charge in [-0.3, -0.25) is 4.79 Å². The maximum atomic E-state index is 11.6. The maximum Gasteiger partial charge on any atom is 0.308 e. The fourth-order valence-corrected chi connectivity index (χ4v) is 2.90. The zero-order valence-corrected chi connectivity index (χ0v) is 11.9. The van der Waals surface area contributed by atoms with Gasteiger partial charge < -0.3 is 10.0 Å². The molecule has 0 bridgehead atoms. The minimum Gasteiger partial charge on any atom is -0.481 e. The summed E-state index contributed by atoms with van der Waals surface area (Å²) in [5, 5.41) is 9.05. The maximum absolute atomic E-state index is 11.6. The van der Waals surface area contributed by atoms with Crippen molar-refractivity contribution >= 4 is 21.8 Å². The van der Waals surface area contributed by atoms with Crippen molar-refractivity contribution in [3.63, 3.8) is 0 Å². The summed E-state index contributed by atoms with van der Waals surface area (Å²) >= 11 is 0. The summed E-state index contributed by atoms with van der Waals surface area (Å²) in [7, 11) is -2.16. The number of sulfonamides is 1. The van der Waals surface area contributed by atoms with Crippen molar-refractivity contribution in [3.05, 3.63) is 18.3 Å². The molecular weight excluding hydrogens is 282 g/mol. The highest BCUT2D eigenvalue weighted by Crippen LogP contribution is 2.22. The largest absolute Gasteiger partial charge is 0.481 e. The number of pyridine rings is 1. The Kier molecular flexibility index (Phi) is 4.24. The van der Waals surface area contributed by atoms with Crippen LogP contribution in [0.1, 0.15) is 12.8 Å². The number of rotatable bonds is 4. The van der Waals surface area contributed by atoms with Crippen molar-refractivity contribution in [2.24, 2.45) is 5.92 Å². The molecule has 0 spiro atoms. The van der Waals surface area contributed by atoms with Gasteiger partial charge >= 0.3 is 5.97 Å². The van der Waals surface area contributed by atoms with Gasteiger partial charge in [0, 0.05) is 19.3 Å². The van der Waals surface area contributed by atoms with Crippen molar-refractivity contribution < 1.29 is 18.3 Å². The second-order valence-corrected chi connectivity index (χ2v) is 6.57. The minimum atomic E-state index is -3.50. The number of carboxylic acid groups (broad SMARTS) is 1. The van der Waals surface area contributed by atoms with Crippen molar-refractivity contribution in [1.82, 2.24) is 9.71 Å². The molecule has 1 fully saturated rings. The summed E-state index contributed by atoms with van der Waals surface area (Å²) in [5.41, 5.74) is 0. The first-order valence-electron chi connectivity index (χ1n) is 6.31. The average molecular weight is 299 g/mol. The van der Waals surface area contributed by atoms with Gasteiger partial charge in [0.05, 0.1) is 5.92 Å². The van der Waals surface area contributed by atoms with E-state index in [2.05, 4.69) is 9.71 Å². The van der Waals surface area contributed by atoms with Gasteiger partial charge in [-0.05, 0) is 32.0 Å². The third-order valence-electron chi connectivity index (χ3n) is 3.39. The predicted octanol–water partition coefficient (Wildman–Crippen LogP) is 0.291. The first-order chi connectivity index (χ1) is 9.44. The second kappa shape index (κ2) is 5.76. The lowest BCUT2D eigenvalue weighted by atomic mass is 9.98. The Balaban J connectivity index is 2.16. The molecule has 2 heterocycles. The molecule has 1 aromatic heterocycles. The predicted molar refractivity (Wildman–Crippen MR) is 73.1 cm³/mol. The van der Waals surface area contributed by atoms with Crippen molar-refractivity contribution in [3.8, 4) is 0 Å². The lowest BCUT2D eigenvalue weighted by Gasteiger charge is -2.31. The lowest BCUT2D eigenvalue weighted by molar-refractivity contribution is -0.141. The van der Waals surface area contributed by atoms with E-state index < -0.39 is 21.9 Å². The zero-order valence-electron chi connectivity index (χ0n) is 11.1. The highest BCUT2D eigenvalue weighted by atomic mass is 32.2. The second-order valence-electron chi connectivity index (χ2n) is 4.68. The normalized spacial score (nSPS) is 19.9. The van der Waals surface area contributed by atoms with Crippen LogP contribution < -0.4 is 9.62 Å². The van der Waals surface area contributed by atoms with Gasteiger partial charge in [-0.15, -0.1) is 0 Å². The first kappa shape index (κ1) is 14.7. The summed E-state index contributed by atoms with van der Waals surface area (Å²) < 4.78 is 25.4. The van der Waals surface area contributed by atoms with Crippen LogP contribution in [0.2, 0.25) is 0 Å². The molecule has 1 atom stereocenters. The summed E-state index contributed by atoms with van der Waals surface area (Å²) in [4.78, 5) is 17.1. The molecule has 7 nitrogen and oxygen atoms in total. The molecule has 20 heavy (non-hydrogen) atoms. The van der Waals surface area contributed by atoms with Crippen LogP contribution in [0.4, 0.5) is 5.82 Å². The van der Waals surface area contributed by atoms with Crippen LogP contribution in [-0.2, 0) is 14.8 Å². The lowest BCUT2D eigenvalue weighted by Crippen LogP contribution is -2.39.